The molecule has 34 heavy (non-hydrogen) atoms. The second kappa shape index (κ2) is 11.7. The van der Waals surface area contributed by atoms with Crippen LogP contribution in [0.4, 0.5) is 10.9 Å². The molecule has 0 aliphatic heterocycles. The van der Waals surface area contributed by atoms with Crippen LogP contribution in [-0.4, -0.2) is 47.5 Å². The molecule has 1 saturated carbocycles. The van der Waals surface area contributed by atoms with Gasteiger partial charge in [0.2, 0.25) is 0 Å². The highest BCUT2D eigenvalue weighted by atomic mass is 79.9. The first-order valence-electron chi connectivity index (χ1n) is 11.8. The van der Waals surface area contributed by atoms with E-state index >= 15 is 0 Å². The first-order chi connectivity index (χ1) is 16.4. The highest BCUT2D eigenvalue weighted by Crippen LogP contribution is 2.34. The Hall–Kier alpha value is -1.88. The van der Waals surface area contributed by atoms with Crippen LogP contribution in [0.1, 0.15) is 32.1 Å². The lowest BCUT2D eigenvalue weighted by molar-refractivity contribution is 0.142. The van der Waals surface area contributed by atoms with Crippen LogP contribution in [0.15, 0.2) is 41.3 Å². The van der Waals surface area contributed by atoms with Crippen LogP contribution in [0, 0.1) is 0 Å². The fourth-order valence-electron chi connectivity index (χ4n) is 3.66. The average molecular weight is 563 g/mol. The summed E-state index contributed by atoms with van der Waals surface area (Å²) >= 11 is 5.02. The second-order valence-corrected chi connectivity index (χ2v) is 17.3. The average Bonchev–Trinajstić information content (AvgIpc) is 3.30. The lowest BCUT2D eigenvalue weighted by Gasteiger charge is -2.22. The molecule has 182 valence electrons. The van der Waals surface area contributed by atoms with E-state index in [9.17, 15) is 0 Å². The summed E-state index contributed by atoms with van der Waals surface area (Å²) in [5, 5.41) is 0.811. The van der Waals surface area contributed by atoms with Gasteiger partial charge in [-0.05, 0) is 65.9 Å². The molecule has 0 spiro atoms. The van der Waals surface area contributed by atoms with Crippen molar-refractivity contribution in [1.29, 1.82) is 0 Å². The number of nitrogens with zero attached hydrogens (tertiary/aromatic N) is 5. The molecule has 0 aromatic carbocycles. The van der Waals surface area contributed by atoms with Gasteiger partial charge in [0.1, 0.15) is 18.7 Å². The van der Waals surface area contributed by atoms with Gasteiger partial charge in [-0.1, -0.05) is 37.4 Å². The second-order valence-electron chi connectivity index (χ2n) is 9.72. The van der Waals surface area contributed by atoms with Gasteiger partial charge < -0.3 is 9.47 Å². The molecule has 3 heterocycles. The van der Waals surface area contributed by atoms with Gasteiger partial charge in [-0.25, -0.2) is 15.0 Å². The summed E-state index contributed by atoms with van der Waals surface area (Å²) in [6.07, 6.45) is 11.5. The highest BCUT2D eigenvalue weighted by Gasteiger charge is 2.19. The number of pyridine rings is 1. The van der Waals surface area contributed by atoms with E-state index in [1.54, 1.807) is 23.7 Å². The zero-order valence-corrected chi connectivity index (χ0v) is 23.4. The molecule has 4 rings (SSSR count). The predicted molar refractivity (Wildman–Crippen MR) is 144 cm³/mol. The molecule has 0 saturated heterocycles. The van der Waals surface area contributed by atoms with Gasteiger partial charge in [0, 0.05) is 37.7 Å². The molecular weight excluding hydrogens is 530 g/mol. The molecule has 0 amide bonds. The number of anilines is 2. The maximum absolute atomic E-state index is 6.07. The first kappa shape index (κ1) is 25.2. The van der Waals surface area contributed by atoms with Crippen molar-refractivity contribution < 1.29 is 9.47 Å². The molecule has 0 unspecified atom stereocenters. The van der Waals surface area contributed by atoms with Gasteiger partial charge >= 0.3 is 6.01 Å². The fraction of sp³-hybridized carbons (Fsp3) is 0.500. The number of hydrogen-bond donors (Lipinski definition) is 0. The SMILES string of the molecule is C[Si](C)(C)CCOCN(c1ccc(Br)cn1)c1ncc(-c2ccnc(OC3CCCCC3)n2)s1. The molecule has 0 N–H and O–H groups in total. The minimum Gasteiger partial charge on any atom is -0.460 e. The van der Waals surface area contributed by atoms with E-state index in [4.69, 9.17) is 9.47 Å². The van der Waals surface area contributed by atoms with Crippen LogP contribution in [0.25, 0.3) is 10.6 Å². The number of thiazole rings is 1. The lowest BCUT2D eigenvalue weighted by Crippen LogP contribution is -2.26. The third-order valence-electron chi connectivity index (χ3n) is 5.64. The number of hydrogen-bond acceptors (Lipinski definition) is 8. The van der Waals surface area contributed by atoms with Gasteiger partial charge in [0.05, 0.1) is 10.6 Å². The summed E-state index contributed by atoms with van der Waals surface area (Å²) < 4.78 is 13.1. The van der Waals surface area contributed by atoms with E-state index in [-0.39, 0.29) is 6.10 Å². The molecule has 1 fully saturated rings. The van der Waals surface area contributed by atoms with Crippen molar-refractivity contribution in [3.63, 3.8) is 0 Å². The smallest absolute Gasteiger partial charge is 0.317 e. The fourth-order valence-corrected chi connectivity index (χ4v) is 5.53. The van der Waals surface area contributed by atoms with Crippen LogP contribution in [0.3, 0.4) is 0 Å². The van der Waals surface area contributed by atoms with Gasteiger partial charge in [-0.2, -0.15) is 4.98 Å². The van der Waals surface area contributed by atoms with Crippen molar-refractivity contribution in [1.82, 2.24) is 19.9 Å². The van der Waals surface area contributed by atoms with Crippen LogP contribution in [0.2, 0.25) is 25.7 Å². The zero-order chi connectivity index (χ0) is 24.0. The van der Waals surface area contributed by atoms with Crippen molar-refractivity contribution >= 4 is 46.3 Å². The van der Waals surface area contributed by atoms with Gasteiger partial charge in [0.25, 0.3) is 0 Å². The predicted octanol–water partition coefficient (Wildman–Crippen LogP) is 6.92. The zero-order valence-electron chi connectivity index (χ0n) is 20.0. The standard InChI is InChI=1S/C24H32BrN5O2SSi/c1-34(2,3)14-13-31-17-30(22-10-9-18(25)15-27-22)24-28-16-21(33-24)20-11-12-26-23(29-20)32-19-7-5-4-6-8-19/h9-12,15-16,19H,4-8,13-14,17H2,1-3H3. The summed E-state index contributed by atoms with van der Waals surface area (Å²) in [5.41, 5.74) is 0.813. The number of aromatic nitrogens is 4. The molecule has 7 nitrogen and oxygen atoms in total. The molecule has 1 aliphatic rings. The molecule has 3 aromatic rings. The summed E-state index contributed by atoms with van der Waals surface area (Å²) in [5.74, 6) is 0.793. The quantitative estimate of drug-likeness (QED) is 0.151. The third-order valence-corrected chi connectivity index (χ3v) is 8.86. The Bertz CT molecular complexity index is 1050. The van der Waals surface area contributed by atoms with Crippen molar-refractivity contribution in [2.45, 2.75) is 63.9 Å². The van der Waals surface area contributed by atoms with Crippen LogP contribution in [-0.2, 0) is 4.74 Å². The molecule has 1 aliphatic carbocycles. The largest absolute Gasteiger partial charge is 0.460 e. The Kier molecular flexibility index (Phi) is 8.68. The molecule has 0 radical (unpaired) electrons. The van der Waals surface area contributed by atoms with Crippen molar-refractivity contribution in [2.75, 3.05) is 18.2 Å². The lowest BCUT2D eigenvalue weighted by atomic mass is 9.98. The summed E-state index contributed by atoms with van der Waals surface area (Å²) in [7, 11) is -1.16. The number of halogens is 1. The first-order valence-corrected chi connectivity index (χ1v) is 17.1. The third kappa shape index (κ3) is 7.31. The summed E-state index contributed by atoms with van der Waals surface area (Å²) in [6, 6.07) is 7.40. The number of ether oxygens (including phenoxy) is 2. The highest BCUT2D eigenvalue weighted by molar-refractivity contribution is 9.10. The van der Waals surface area contributed by atoms with Gasteiger partial charge in [-0.3, -0.25) is 4.90 Å². The Morgan fingerprint density at radius 2 is 1.88 bits per heavy atom. The van der Waals surface area contributed by atoms with Crippen molar-refractivity contribution in [3.8, 4) is 16.6 Å². The van der Waals surface area contributed by atoms with Gasteiger partial charge in [0.15, 0.2) is 5.13 Å². The van der Waals surface area contributed by atoms with Gasteiger partial charge in [-0.15, -0.1) is 0 Å². The maximum atomic E-state index is 6.07. The van der Waals surface area contributed by atoms with E-state index in [1.807, 2.05) is 29.3 Å². The molecule has 0 atom stereocenters. The summed E-state index contributed by atoms with van der Waals surface area (Å²) in [4.78, 5) is 21.2. The topological polar surface area (TPSA) is 73.3 Å². The van der Waals surface area contributed by atoms with E-state index in [2.05, 4.69) is 55.5 Å². The van der Waals surface area contributed by atoms with Crippen LogP contribution in [0.5, 0.6) is 6.01 Å². The normalized spacial score (nSPS) is 14.8. The Morgan fingerprint density at radius 3 is 2.62 bits per heavy atom. The molecule has 10 heteroatoms. The van der Waals surface area contributed by atoms with Crippen LogP contribution >= 0.6 is 27.3 Å². The number of rotatable bonds is 10. The summed E-state index contributed by atoms with van der Waals surface area (Å²) in [6.45, 7) is 8.18. The van der Waals surface area contributed by atoms with Crippen molar-refractivity contribution in [2.24, 2.45) is 0 Å². The van der Waals surface area contributed by atoms with E-state index in [1.165, 1.54) is 19.3 Å². The van der Waals surface area contributed by atoms with E-state index in [0.29, 0.717) is 12.7 Å². The monoisotopic (exact) mass is 561 g/mol. The van der Waals surface area contributed by atoms with E-state index in [0.717, 1.165) is 51.5 Å². The Labute approximate surface area is 215 Å². The maximum Gasteiger partial charge on any atom is 0.317 e. The van der Waals surface area contributed by atoms with Crippen LogP contribution < -0.4 is 9.64 Å². The molecule has 3 aromatic heterocycles. The minimum absolute atomic E-state index is 0.216. The van der Waals surface area contributed by atoms with E-state index < -0.39 is 8.07 Å². The Morgan fingerprint density at radius 1 is 1.06 bits per heavy atom. The molecular formula is C24H32BrN5O2SSi. The Balaban J connectivity index is 1.50. The van der Waals surface area contributed by atoms with Crippen molar-refractivity contribution in [3.05, 3.63) is 41.3 Å². The minimum atomic E-state index is -1.16. The molecule has 0 bridgehead atoms.